The molecule has 10 nitrogen and oxygen atoms in total. The number of benzene rings is 3. The summed E-state index contributed by atoms with van der Waals surface area (Å²) in [5.41, 5.74) is 0.157. The molecule has 174 valence electrons. The van der Waals surface area contributed by atoms with E-state index in [4.69, 9.17) is 0 Å². The molecule has 0 atom stereocenters. The number of hydrogen-bond acceptors (Lipinski definition) is 9. The predicted octanol–water partition coefficient (Wildman–Crippen LogP) is 1.75. The van der Waals surface area contributed by atoms with Crippen molar-refractivity contribution in [3.63, 3.8) is 0 Å². The van der Waals surface area contributed by atoms with Crippen LogP contribution in [0.25, 0.3) is 10.8 Å². The highest BCUT2D eigenvalue weighted by Crippen LogP contribution is 2.45. The molecule has 0 spiro atoms. The number of fused-ring (bicyclic) bond motifs is 3. The molecule has 0 aromatic heterocycles. The second-order valence-electron chi connectivity index (χ2n) is 8.06. The van der Waals surface area contributed by atoms with Gasteiger partial charge in [0, 0.05) is 29.1 Å². The first-order chi connectivity index (χ1) is 15.0. The van der Waals surface area contributed by atoms with Crippen LogP contribution in [0.1, 0.15) is 19.4 Å². The summed E-state index contributed by atoms with van der Waals surface area (Å²) in [6, 6.07) is 9.26. The highest BCUT2D eigenvalue weighted by Gasteiger charge is 2.41. The Morgan fingerprint density at radius 2 is 1.33 bits per heavy atom. The van der Waals surface area contributed by atoms with Crippen LogP contribution in [0, 0.1) is 0 Å². The smallest absolute Gasteiger partial charge is 0.217 e. The largest absolute Gasteiger partial charge is 0.744 e. The van der Waals surface area contributed by atoms with Gasteiger partial charge >= 0.3 is 0 Å². The fourth-order valence-corrected chi connectivity index (χ4v) is 5.75. The molecule has 0 radical (unpaired) electrons. The van der Waals surface area contributed by atoms with Gasteiger partial charge in [0.25, 0.3) is 0 Å². The van der Waals surface area contributed by atoms with Crippen LogP contribution in [0.15, 0.2) is 63.2 Å². The van der Waals surface area contributed by atoms with E-state index in [-0.39, 0.29) is 22.1 Å². The van der Waals surface area contributed by atoms with Crippen molar-refractivity contribution in [3.8, 4) is 0 Å². The Balaban J connectivity index is 2.11. The summed E-state index contributed by atoms with van der Waals surface area (Å²) >= 11 is 0. The van der Waals surface area contributed by atoms with Gasteiger partial charge in [-0.05, 0) is 37.4 Å². The molecular formula is C20H15NO9S3-2. The first kappa shape index (κ1) is 23.5. The van der Waals surface area contributed by atoms with Gasteiger partial charge in [-0.1, -0.05) is 12.1 Å². The lowest BCUT2D eigenvalue weighted by Crippen LogP contribution is -2.17. The van der Waals surface area contributed by atoms with Gasteiger partial charge in [-0.3, -0.25) is 0 Å². The van der Waals surface area contributed by atoms with Crippen molar-refractivity contribution in [3.05, 3.63) is 54.1 Å². The first-order valence-corrected chi connectivity index (χ1v) is 13.5. The highest BCUT2D eigenvalue weighted by molar-refractivity contribution is 7.86. The Labute approximate surface area is 190 Å². The summed E-state index contributed by atoms with van der Waals surface area (Å²) in [7, 11) is -14.8. The van der Waals surface area contributed by atoms with Gasteiger partial charge in [0.05, 0.1) is 20.1 Å². The molecule has 33 heavy (non-hydrogen) atoms. The van der Waals surface area contributed by atoms with Crippen molar-refractivity contribution in [2.45, 2.75) is 33.9 Å². The normalized spacial score (nSPS) is 16.0. The molecule has 1 aliphatic rings. The van der Waals surface area contributed by atoms with Crippen LogP contribution >= 0.6 is 0 Å². The third-order valence-corrected chi connectivity index (χ3v) is 7.89. The van der Waals surface area contributed by atoms with Crippen LogP contribution in [0.2, 0.25) is 0 Å². The van der Waals surface area contributed by atoms with E-state index in [0.717, 1.165) is 30.3 Å². The Bertz CT molecular complexity index is 1700. The van der Waals surface area contributed by atoms with Crippen molar-refractivity contribution in [2.24, 2.45) is 0 Å². The molecule has 0 N–H and O–H groups in total. The molecule has 1 aliphatic heterocycles. The van der Waals surface area contributed by atoms with E-state index < -0.39 is 50.5 Å². The van der Waals surface area contributed by atoms with E-state index in [9.17, 15) is 38.9 Å². The van der Waals surface area contributed by atoms with Gasteiger partial charge < -0.3 is 13.7 Å². The minimum absolute atomic E-state index is 0.222. The molecule has 0 bridgehead atoms. The van der Waals surface area contributed by atoms with Gasteiger partial charge in [-0.2, -0.15) is 4.58 Å². The molecular weight excluding hydrogens is 494 g/mol. The Morgan fingerprint density at radius 3 is 1.91 bits per heavy atom. The molecule has 0 saturated carbocycles. The highest BCUT2D eigenvalue weighted by atomic mass is 32.2. The average molecular weight is 510 g/mol. The third kappa shape index (κ3) is 4.07. The van der Waals surface area contributed by atoms with Crippen molar-refractivity contribution >= 4 is 58.7 Å². The van der Waals surface area contributed by atoms with Gasteiger partial charge in [0.2, 0.25) is 11.4 Å². The number of rotatable bonds is 4. The zero-order chi connectivity index (χ0) is 24.6. The second-order valence-corrected chi connectivity index (χ2v) is 12.2. The standard InChI is InChI=1S/C20H17NO9S3/c1-20(2)11-21(12-4-3-5-13(8-12)31(22,23)24)17-10-18(33(28,29)30)16-9-14(32(25,26)27)6-7-15(16)19(17)20/h3-11H,1-2H3,(H2-,22,23,24,25,26,27,28,29,30)/p-2. The summed E-state index contributed by atoms with van der Waals surface area (Å²) in [4.78, 5) is -1.93. The number of nitrogens with zero attached hydrogens (tertiary/aromatic N) is 1. The van der Waals surface area contributed by atoms with Crippen molar-refractivity contribution in [1.82, 2.24) is 4.58 Å². The molecule has 0 unspecified atom stereocenters. The van der Waals surface area contributed by atoms with E-state index in [1.807, 2.05) is 0 Å². The SMILES string of the molecule is CC1(C)C=[N+](c2cccc(S(=O)(=O)[O-])c2)c2cc(S(=O)(=O)[O-])c3cc(S(=O)(=O)[O-])ccc3c21. The summed E-state index contributed by atoms with van der Waals surface area (Å²) < 4.78 is 106. The van der Waals surface area contributed by atoms with Crippen LogP contribution in [-0.2, 0) is 35.8 Å². The Kier molecular flexibility index (Phi) is 5.09. The summed E-state index contributed by atoms with van der Waals surface area (Å²) in [6.07, 6.45) is 1.65. The van der Waals surface area contributed by atoms with Gasteiger partial charge in [-0.15, -0.1) is 0 Å². The van der Waals surface area contributed by atoms with Gasteiger partial charge in [-0.25, -0.2) is 25.3 Å². The quantitative estimate of drug-likeness (QED) is 0.375. The van der Waals surface area contributed by atoms with E-state index >= 15 is 0 Å². The fraction of sp³-hybridized carbons (Fsp3) is 0.150. The maximum absolute atomic E-state index is 12.1. The van der Waals surface area contributed by atoms with Crippen LogP contribution in [0.3, 0.4) is 0 Å². The van der Waals surface area contributed by atoms with Gasteiger partial charge in [0.1, 0.15) is 30.4 Å². The van der Waals surface area contributed by atoms with E-state index in [0.29, 0.717) is 5.56 Å². The maximum Gasteiger partial charge on any atom is 0.217 e. The lowest BCUT2D eigenvalue weighted by atomic mass is 9.84. The van der Waals surface area contributed by atoms with Crippen LogP contribution in [0.5, 0.6) is 0 Å². The molecule has 4 rings (SSSR count). The lowest BCUT2D eigenvalue weighted by molar-refractivity contribution is 0.460. The van der Waals surface area contributed by atoms with E-state index in [2.05, 4.69) is 0 Å². The van der Waals surface area contributed by atoms with Crippen LogP contribution in [0.4, 0.5) is 11.4 Å². The zero-order valence-corrected chi connectivity index (χ0v) is 19.5. The molecule has 13 heteroatoms. The summed E-state index contributed by atoms with van der Waals surface area (Å²) in [6.45, 7) is 3.53. The van der Waals surface area contributed by atoms with Crippen molar-refractivity contribution in [1.29, 1.82) is 0 Å². The van der Waals surface area contributed by atoms with Crippen molar-refractivity contribution < 1.29 is 38.9 Å². The molecule has 0 aliphatic carbocycles. The van der Waals surface area contributed by atoms with Crippen molar-refractivity contribution in [2.75, 3.05) is 0 Å². The summed E-state index contributed by atoms with van der Waals surface area (Å²) in [5, 5.41) is 0.00515. The molecule has 1 heterocycles. The number of hydrogen-bond donors (Lipinski definition) is 0. The Hall–Kier alpha value is -2.68. The molecule has 3 aromatic carbocycles. The third-order valence-electron chi connectivity index (χ3n) is 5.35. The molecule has 3 aromatic rings. The Morgan fingerprint density at radius 1 is 0.727 bits per heavy atom. The van der Waals surface area contributed by atoms with E-state index in [1.165, 1.54) is 22.8 Å². The minimum Gasteiger partial charge on any atom is -0.744 e. The van der Waals surface area contributed by atoms with E-state index in [1.54, 1.807) is 20.1 Å². The fourth-order valence-electron chi connectivity index (χ4n) is 4.05. The predicted molar refractivity (Wildman–Crippen MR) is 115 cm³/mol. The molecule has 0 fully saturated rings. The van der Waals surface area contributed by atoms with Crippen LogP contribution < -0.4 is 4.58 Å². The monoisotopic (exact) mass is 509 g/mol. The summed E-state index contributed by atoms with van der Waals surface area (Å²) in [5.74, 6) is 0. The average Bonchev–Trinajstić information content (AvgIpc) is 2.96. The van der Waals surface area contributed by atoms with Crippen LogP contribution in [-0.4, -0.2) is 45.1 Å². The van der Waals surface area contributed by atoms with Gasteiger partial charge in [0.15, 0.2) is 6.21 Å². The minimum atomic E-state index is -5.12. The maximum atomic E-state index is 12.1. The first-order valence-electron chi connectivity index (χ1n) is 9.24. The lowest BCUT2D eigenvalue weighted by Gasteiger charge is -2.19. The second kappa shape index (κ2) is 7.16. The topological polar surface area (TPSA) is 175 Å². The molecule has 0 amide bonds. The molecule has 0 saturated heterocycles. The zero-order valence-electron chi connectivity index (χ0n) is 17.0.